The molecule has 0 aliphatic carbocycles. The van der Waals surface area contributed by atoms with E-state index in [0.29, 0.717) is 31.5 Å². The van der Waals surface area contributed by atoms with Crippen LogP contribution in [0.15, 0.2) is 4.99 Å². The Labute approximate surface area is 111 Å². The predicted octanol–water partition coefficient (Wildman–Crippen LogP) is 0.413. The van der Waals surface area contributed by atoms with E-state index < -0.39 is 6.04 Å². The molecule has 6 nitrogen and oxygen atoms in total. The Hall–Kier alpha value is -1.26. The van der Waals surface area contributed by atoms with E-state index in [1.54, 1.807) is 6.19 Å². The molecule has 1 aliphatic rings. The predicted molar refractivity (Wildman–Crippen MR) is 71.2 cm³/mol. The highest BCUT2D eigenvalue weighted by Crippen LogP contribution is 2.14. The zero-order valence-corrected chi connectivity index (χ0v) is 11.5. The number of nitrogens with zero attached hydrogens (tertiary/aromatic N) is 3. The van der Waals surface area contributed by atoms with Crippen LogP contribution in [0.5, 0.6) is 0 Å². The number of aliphatic imine (C=N–C) groups is 1. The number of amidine groups is 1. The molecule has 1 aliphatic heterocycles. The maximum Gasteiger partial charge on any atom is 0.245 e. The van der Waals surface area contributed by atoms with Crippen molar-refractivity contribution in [1.82, 2.24) is 10.2 Å². The first kappa shape index (κ1) is 14.8. The molecular formula is C11H18N4O2S. The number of amides is 1. The Morgan fingerprint density at radius 1 is 1.72 bits per heavy atom. The zero-order chi connectivity index (χ0) is 13.4. The third-order valence-electron chi connectivity index (χ3n) is 2.55. The van der Waals surface area contributed by atoms with Gasteiger partial charge in [0, 0.05) is 13.1 Å². The van der Waals surface area contributed by atoms with Gasteiger partial charge in [-0.2, -0.15) is 5.26 Å². The maximum absolute atomic E-state index is 12.0. The van der Waals surface area contributed by atoms with Gasteiger partial charge in [0.1, 0.15) is 6.04 Å². The van der Waals surface area contributed by atoms with Crippen molar-refractivity contribution in [3.05, 3.63) is 0 Å². The maximum atomic E-state index is 12.0. The van der Waals surface area contributed by atoms with Gasteiger partial charge in [-0.25, -0.2) is 0 Å². The van der Waals surface area contributed by atoms with Crippen LogP contribution >= 0.6 is 11.8 Å². The van der Waals surface area contributed by atoms with Crippen molar-refractivity contribution < 1.29 is 9.53 Å². The molecule has 1 saturated heterocycles. The number of nitriles is 1. The molecule has 0 bridgehead atoms. The molecule has 0 radical (unpaired) electrons. The molecule has 1 heterocycles. The van der Waals surface area contributed by atoms with E-state index >= 15 is 0 Å². The molecule has 1 unspecified atom stereocenters. The van der Waals surface area contributed by atoms with Gasteiger partial charge >= 0.3 is 0 Å². The van der Waals surface area contributed by atoms with Crippen LogP contribution in [-0.2, 0) is 9.53 Å². The standard InChI is InChI=1S/C11H18N4O2S/c1-3-4-13-10(16)9-7-17-6-5-15(9)11(18-2)14-8-12/h9H,3-7H2,1-2H3,(H,13,16). The second-order valence-electron chi connectivity index (χ2n) is 3.77. The smallest absolute Gasteiger partial charge is 0.245 e. The summed E-state index contributed by atoms with van der Waals surface area (Å²) >= 11 is 1.36. The van der Waals surface area contributed by atoms with Gasteiger partial charge in [0.25, 0.3) is 0 Å². The summed E-state index contributed by atoms with van der Waals surface area (Å²) in [4.78, 5) is 17.6. The average Bonchev–Trinajstić information content (AvgIpc) is 2.42. The normalized spacial score (nSPS) is 20.4. The number of carbonyl (C=O) groups excluding carboxylic acids is 1. The molecule has 0 saturated carbocycles. The number of thioether (sulfide) groups is 1. The first-order chi connectivity index (χ1) is 8.74. The Balaban J connectivity index is 2.76. The van der Waals surface area contributed by atoms with Gasteiger partial charge in [-0.05, 0) is 12.7 Å². The number of carbonyl (C=O) groups is 1. The molecule has 1 rings (SSSR count). The van der Waals surface area contributed by atoms with Crippen molar-refractivity contribution in [3.63, 3.8) is 0 Å². The van der Waals surface area contributed by atoms with Crippen molar-refractivity contribution in [2.45, 2.75) is 19.4 Å². The topological polar surface area (TPSA) is 77.7 Å². The highest BCUT2D eigenvalue weighted by atomic mass is 32.2. The van der Waals surface area contributed by atoms with Crippen molar-refractivity contribution in [1.29, 1.82) is 5.26 Å². The van der Waals surface area contributed by atoms with E-state index in [9.17, 15) is 4.79 Å². The van der Waals surface area contributed by atoms with Crippen LogP contribution in [0.2, 0.25) is 0 Å². The summed E-state index contributed by atoms with van der Waals surface area (Å²) in [5.74, 6) is -0.0729. The van der Waals surface area contributed by atoms with Crippen molar-refractivity contribution in [2.24, 2.45) is 4.99 Å². The fourth-order valence-electron chi connectivity index (χ4n) is 1.69. The summed E-state index contributed by atoms with van der Waals surface area (Å²) in [6, 6.07) is -0.398. The van der Waals surface area contributed by atoms with Crippen LogP contribution in [0.25, 0.3) is 0 Å². The number of morpholine rings is 1. The van der Waals surface area contributed by atoms with Gasteiger partial charge in [0.15, 0.2) is 5.17 Å². The molecule has 1 amide bonds. The summed E-state index contributed by atoms with van der Waals surface area (Å²) < 4.78 is 5.34. The number of hydrogen-bond donors (Lipinski definition) is 1. The summed E-state index contributed by atoms with van der Waals surface area (Å²) in [6.45, 7) is 4.10. The van der Waals surface area contributed by atoms with Gasteiger partial charge in [0.05, 0.1) is 13.2 Å². The van der Waals surface area contributed by atoms with E-state index in [1.807, 2.05) is 18.1 Å². The SMILES string of the molecule is CCCNC(=O)C1COCCN1C(=NC#N)SC. The lowest BCUT2D eigenvalue weighted by Crippen LogP contribution is -2.55. The van der Waals surface area contributed by atoms with Crippen LogP contribution < -0.4 is 5.32 Å². The Bertz CT molecular complexity index is 353. The van der Waals surface area contributed by atoms with Crippen molar-refractivity contribution in [2.75, 3.05) is 32.6 Å². The lowest BCUT2D eigenvalue weighted by atomic mass is 10.2. The molecule has 0 aromatic rings. The van der Waals surface area contributed by atoms with Crippen LogP contribution in [0.1, 0.15) is 13.3 Å². The number of hydrogen-bond acceptors (Lipinski definition) is 5. The second-order valence-corrected chi connectivity index (χ2v) is 4.55. The molecule has 100 valence electrons. The fourth-order valence-corrected chi connectivity index (χ4v) is 2.27. The third kappa shape index (κ3) is 3.89. The van der Waals surface area contributed by atoms with Gasteiger partial charge in [-0.1, -0.05) is 18.7 Å². The third-order valence-corrected chi connectivity index (χ3v) is 3.25. The monoisotopic (exact) mass is 270 g/mol. The Morgan fingerprint density at radius 3 is 3.11 bits per heavy atom. The molecule has 18 heavy (non-hydrogen) atoms. The average molecular weight is 270 g/mol. The van der Waals surface area contributed by atoms with Crippen molar-refractivity contribution >= 4 is 22.8 Å². The zero-order valence-electron chi connectivity index (χ0n) is 10.7. The first-order valence-corrected chi connectivity index (χ1v) is 7.10. The lowest BCUT2D eigenvalue weighted by molar-refractivity contribution is -0.129. The molecule has 0 aromatic heterocycles. The Morgan fingerprint density at radius 2 is 2.50 bits per heavy atom. The summed E-state index contributed by atoms with van der Waals surface area (Å²) in [7, 11) is 0. The number of nitrogens with one attached hydrogen (secondary N) is 1. The van der Waals surface area contributed by atoms with Gasteiger partial charge < -0.3 is 15.0 Å². The fraction of sp³-hybridized carbons (Fsp3) is 0.727. The van der Waals surface area contributed by atoms with Crippen LogP contribution in [0.4, 0.5) is 0 Å². The highest BCUT2D eigenvalue weighted by molar-refractivity contribution is 8.13. The summed E-state index contributed by atoms with van der Waals surface area (Å²) in [5.41, 5.74) is 0. The molecule has 1 atom stereocenters. The summed E-state index contributed by atoms with van der Waals surface area (Å²) in [6.07, 6.45) is 4.50. The van der Waals surface area contributed by atoms with Crippen LogP contribution in [-0.4, -0.2) is 54.6 Å². The van der Waals surface area contributed by atoms with Crippen LogP contribution in [0.3, 0.4) is 0 Å². The molecule has 7 heteroatoms. The Kier molecular flexibility index (Phi) is 6.54. The minimum Gasteiger partial charge on any atom is -0.377 e. The van der Waals surface area contributed by atoms with Gasteiger partial charge in [-0.15, -0.1) is 4.99 Å². The quantitative estimate of drug-likeness (QED) is 0.457. The van der Waals surface area contributed by atoms with Crippen molar-refractivity contribution in [3.8, 4) is 6.19 Å². The van der Waals surface area contributed by atoms with Crippen LogP contribution in [0, 0.1) is 11.5 Å². The largest absolute Gasteiger partial charge is 0.377 e. The highest BCUT2D eigenvalue weighted by Gasteiger charge is 2.31. The van der Waals surface area contributed by atoms with E-state index in [1.165, 1.54) is 11.8 Å². The minimum atomic E-state index is -0.398. The molecule has 0 spiro atoms. The lowest BCUT2D eigenvalue weighted by Gasteiger charge is -2.35. The molecule has 0 aromatic carbocycles. The first-order valence-electron chi connectivity index (χ1n) is 5.87. The number of rotatable bonds is 3. The van der Waals surface area contributed by atoms with E-state index in [0.717, 1.165) is 6.42 Å². The summed E-state index contributed by atoms with van der Waals surface area (Å²) in [5, 5.41) is 12.1. The molecular weight excluding hydrogens is 252 g/mol. The number of ether oxygens (including phenoxy) is 1. The van der Waals surface area contributed by atoms with E-state index in [2.05, 4.69) is 10.3 Å². The molecule has 1 N–H and O–H groups in total. The van der Waals surface area contributed by atoms with Gasteiger partial charge in [0.2, 0.25) is 12.1 Å². The van der Waals surface area contributed by atoms with E-state index in [-0.39, 0.29) is 5.91 Å². The van der Waals surface area contributed by atoms with E-state index in [4.69, 9.17) is 10.00 Å². The van der Waals surface area contributed by atoms with Gasteiger partial charge in [-0.3, -0.25) is 4.79 Å². The minimum absolute atomic E-state index is 0.0729. The second kappa shape index (κ2) is 7.95. The molecule has 1 fully saturated rings.